The van der Waals surface area contributed by atoms with E-state index in [-0.39, 0.29) is 24.3 Å². The van der Waals surface area contributed by atoms with E-state index in [2.05, 4.69) is 5.32 Å². The number of anilines is 1. The quantitative estimate of drug-likeness (QED) is 0.844. The second-order valence-electron chi connectivity index (χ2n) is 6.15. The van der Waals surface area contributed by atoms with E-state index in [0.29, 0.717) is 29.4 Å². The average Bonchev–Trinajstić information content (AvgIpc) is 3.07. The summed E-state index contributed by atoms with van der Waals surface area (Å²) in [7, 11) is 4.63. The van der Waals surface area contributed by atoms with Crippen LogP contribution >= 0.6 is 0 Å². The number of carbonyl (C=O) groups excluding carboxylic acids is 2. The molecule has 7 heteroatoms. The summed E-state index contributed by atoms with van der Waals surface area (Å²) in [5.41, 5.74) is 1.20. The summed E-state index contributed by atoms with van der Waals surface area (Å²) >= 11 is 0. The number of carbonyl (C=O) groups is 2. The SMILES string of the molecule is COc1cccc(N2CC(NC(=O)c3ccc(OC)c(OC)c3)CC2=O)c1. The smallest absolute Gasteiger partial charge is 0.251 e. The first kappa shape index (κ1) is 18.6. The molecule has 1 saturated heterocycles. The van der Waals surface area contributed by atoms with Crippen LogP contribution in [0.2, 0.25) is 0 Å². The topological polar surface area (TPSA) is 77.1 Å². The summed E-state index contributed by atoms with van der Waals surface area (Å²) in [6.45, 7) is 0.408. The zero-order valence-corrected chi connectivity index (χ0v) is 15.5. The summed E-state index contributed by atoms with van der Waals surface area (Å²) in [5.74, 6) is 1.40. The van der Waals surface area contributed by atoms with Gasteiger partial charge in [-0.05, 0) is 30.3 Å². The fourth-order valence-corrected chi connectivity index (χ4v) is 3.08. The van der Waals surface area contributed by atoms with Crippen LogP contribution in [0.1, 0.15) is 16.8 Å². The van der Waals surface area contributed by atoms with E-state index in [1.54, 1.807) is 36.3 Å². The molecule has 1 heterocycles. The zero-order chi connectivity index (χ0) is 19.4. The van der Waals surface area contributed by atoms with E-state index in [4.69, 9.17) is 14.2 Å². The van der Waals surface area contributed by atoms with Crippen LogP contribution in [0.4, 0.5) is 5.69 Å². The van der Waals surface area contributed by atoms with Crippen LogP contribution in [-0.2, 0) is 4.79 Å². The number of nitrogens with zero attached hydrogens (tertiary/aromatic N) is 1. The molecule has 1 unspecified atom stereocenters. The number of nitrogens with one attached hydrogen (secondary N) is 1. The summed E-state index contributed by atoms with van der Waals surface area (Å²) in [6.07, 6.45) is 0.246. The van der Waals surface area contributed by atoms with Crippen LogP contribution in [0.25, 0.3) is 0 Å². The highest BCUT2D eigenvalue weighted by atomic mass is 16.5. The van der Waals surface area contributed by atoms with Gasteiger partial charge in [0.15, 0.2) is 11.5 Å². The Kier molecular flexibility index (Phi) is 5.49. The molecule has 142 valence electrons. The van der Waals surface area contributed by atoms with Crippen molar-refractivity contribution in [1.82, 2.24) is 5.32 Å². The molecule has 1 aliphatic rings. The summed E-state index contributed by atoms with van der Waals surface area (Å²) in [5, 5.41) is 2.91. The van der Waals surface area contributed by atoms with Crippen LogP contribution in [0, 0.1) is 0 Å². The fourth-order valence-electron chi connectivity index (χ4n) is 3.08. The summed E-state index contributed by atoms with van der Waals surface area (Å²) < 4.78 is 15.6. The second kappa shape index (κ2) is 7.99. The summed E-state index contributed by atoms with van der Waals surface area (Å²) in [4.78, 5) is 26.6. The Bertz CT molecular complexity index is 852. The van der Waals surface area contributed by atoms with Crippen molar-refractivity contribution in [2.45, 2.75) is 12.5 Å². The standard InChI is InChI=1S/C20H22N2O5/c1-25-16-6-4-5-15(11-16)22-12-14(10-19(22)23)21-20(24)13-7-8-17(26-2)18(9-13)27-3/h4-9,11,14H,10,12H2,1-3H3,(H,21,24). The van der Waals surface area contributed by atoms with Gasteiger partial charge < -0.3 is 24.4 Å². The minimum atomic E-state index is -0.274. The molecule has 0 spiro atoms. The van der Waals surface area contributed by atoms with E-state index in [9.17, 15) is 9.59 Å². The van der Waals surface area contributed by atoms with Gasteiger partial charge in [0, 0.05) is 30.3 Å². The fraction of sp³-hybridized carbons (Fsp3) is 0.300. The second-order valence-corrected chi connectivity index (χ2v) is 6.15. The van der Waals surface area contributed by atoms with Gasteiger partial charge in [-0.15, -0.1) is 0 Å². The molecule has 0 aromatic heterocycles. The van der Waals surface area contributed by atoms with Gasteiger partial charge in [-0.2, -0.15) is 0 Å². The molecule has 2 amide bonds. The molecule has 27 heavy (non-hydrogen) atoms. The molecule has 0 aliphatic carbocycles. The van der Waals surface area contributed by atoms with Crippen molar-refractivity contribution in [3.8, 4) is 17.2 Å². The Morgan fingerprint density at radius 3 is 2.52 bits per heavy atom. The van der Waals surface area contributed by atoms with Crippen LogP contribution in [0.15, 0.2) is 42.5 Å². The molecule has 0 radical (unpaired) electrons. The summed E-state index contributed by atoms with van der Waals surface area (Å²) in [6, 6.07) is 12.0. The molecule has 1 fully saturated rings. The van der Waals surface area contributed by atoms with Gasteiger partial charge in [-0.3, -0.25) is 9.59 Å². The molecule has 0 bridgehead atoms. The lowest BCUT2D eigenvalue weighted by Crippen LogP contribution is -2.37. The van der Waals surface area contributed by atoms with Gasteiger partial charge in [-0.25, -0.2) is 0 Å². The first-order valence-corrected chi connectivity index (χ1v) is 8.53. The van der Waals surface area contributed by atoms with Crippen LogP contribution in [-0.4, -0.2) is 45.7 Å². The van der Waals surface area contributed by atoms with Gasteiger partial charge in [0.2, 0.25) is 5.91 Å². The number of hydrogen-bond donors (Lipinski definition) is 1. The lowest BCUT2D eigenvalue weighted by atomic mass is 10.1. The van der Waals surface area contributed by atoms with Crippen molar-refractivity contribution in [1.29, 1.82) is 0 Å². The maximum absolute atomic E-state index is 12.6. The van der Waals surface area contributed by atoms with Gasteiger partial charge in [-0.1, -0.05) is 6.07 Å². The van der Waals surface area contributed by atoms with E-state index >= 15 is 0 Å². The molecule has 7 nitrogen and oxygen atoms in total. The molecule has 1 aliphatic heterocycles. The highest BCUT2D eigenvalue weighted by Crippen LogP contribution is 2.28. The van der Waals surface area contributed by atoms with Gasteiger partial charge in [0.05, 0.1) is 27.4 Å². The lowest BCUT2D eigenvalue weighted by molar-refractivity contribution is -0.117. The van der Waals surface area contributed by atoms with Crippen molar-refractivity contribution < 1.29 is 23.8 Å². The Balaban J connectivity index is 1.70. The number of benzene rings is 2. The Hall–Kier alpha value is -3.22. The van der Waals surface area contributed by atoms with Gasteiger partial charge >= 0.3 is 0 Å². The van der Waals surface area contributed by atoms with Crippen molar-refractivity contribution in [3.63, 3.8) is 0 Å². The van der Waals surface area contributed by atoms with Crippen molar-refractivity contribution in [2.75, 3.05) is 32.8 Å². The molecular weight excluding hydrogens is 348 g/mol. The van der Waals surface area contributed by atoms with Gasteiger partial charge in [0.25, 0.3) is 5.91 Å². The van der Waals surface area contributed by atoms with Crippen molar-refractivity contribution in [3.05, 3.63) is 48.0 Å². The van der Waals surface area contributed by atoms with Gasteiger partial charge in [0.1, 0.15) is 5.75 Å². The van der Waals surface area contributed by atoms with Crippen LogP contribution in [0.5, 0.6) is 17.2 Å². The van der Waals surface area contributed by atoms with Crippen molar-refractivity contribution in [2.24, 2.45) is 0 Å². The number of rotatable bonds is 6. The minimum absolute atomic E-state index is 0.0409. The molecule has 1 atom stereocenters. The number of methoxy groups -OCH3 is 3. The molecule has 2 aromatic rings. The Morgan fingerprint density at radius 1 is 1.04 bits per heavy atom. The van der Waals surface area contributed by atoms with Crippen molar-refractivity contribution >= 4 is 17.5 Å². The van der Waals surface area contributed by atoms with Crippen LogP contribution < -0.4 is 24.4 Å². The monoisotopic (exact) mass is 370 g/mol. The Morgan fingerprint density at radius 2 is 1.81 bits per heavy atom. The first-order valence-electron chi connectivity index (χ1n) is 8.53. The largest absolute Gasteiger partial charge is 0.497 e. The highest BCUT2D eigenvalue weighted by Gasteiger charge is 2.32. The predicted octanol–water partition coefficient (Wildman–Crippen LogP) is 2.25. The maximum Gasteiger partial charge on any atom is 0.251 e. The van der Waals surface area contributed by atoms with E-state index in [1.165, 1.54) is 14.2 Å². The number of amides is 2. The molecular formula is C20H22N2O5. The third kappa shape index (κ3) is 3.97. The number of ether oxygens (including phenoxy) is 3. The lowest BCUT2D eigenvalue weighted by Gasteiger charge is -2.18. The predicted molar refractivity (Wildman–Crippen MR) is 101 cm³/mol. The maximum atomic E-state index is 12.6. The molecule has 1 N–H and O–H groups in total. The van der Waals surface area contributed by atoms with Crippen LogP contribution in [0.3, 0.4) is 0 Å². The highest BCUT2D eigenvalue weighted by molar-refractivity contribution is 5.99. The average molecular weight is 370 g/mol. The van der Waals surface area contributed by atoms with E-state index < -0.39 is 0 Å². The molecule has 2 aromatic carbocycles. The Labute approximate surface area is 157 Å². The molecule has 0 saturated carbocycles. The first-order chi connectivity index (χ1) is 13.0. The van der Waals surface area contributed by atoms with E-state index in [0.717, 1.165) is 5.69 Å². The third-order valence-electron chi connectivity index (χ3n) is 4.47. The molecule has 3 rings (SSSR count). The normalized spacial score (nSPS) is 16.2. The zero-order valence-electron chi connectivity index (χ0n) is 15.5. The third-order valence-corrected chi connectivity index (χ3v) is 4.47. The number of hydrogen-bond acceptors (Lipinski definition) is 5. The van der Waals surface area contributed by atoms with E-state index in [1.807, 2.05) is 18.2 Å². The minimum Gasteiger partial charge on any atom is -0.497 e.